The molecule has 0 aromatic heterocycles. The Morgan fingerprint density at radius 2 is 1.83 bits per heavy atom. The van der Waals surface area contributed by atoms with Crippen molar-refractivity contribution in [1.82, 2.24) is 0 Å². The smallest absolute Gasteiger partial charge is 0.0125 e. The van der Waals surface area contributed by atoms with Gasteiger partial charge in [0.25, 0.3) is 0 Å². The number of hydrogen-bond acceptors (Lipinski definition) is 1. The maximum atomic E-state index is 5.74. The molecule has 0 rings (SSSR count). The Balaban J connectivity index is 4.84. The molecule has 0 unspecified atom stereocenters. The van der Waals surface area contributed by atoms with Crippen LogP contribution in [0.4, 0.5) is 0 Å². The molecule has 0 bridgehead atoms. The van der Waals surface area contributed by atoms with E-state index in [2.05, 4.69) is 33.4 Å². The molecule has 0 aromatic rings. The molecule has 0 radical (unpaired) electrons. The summed E-state index contributed by atoms with van der Waals surface area (Å²) in [4.78, 5) is 0. The molecule has 0 fully saturated rings. The summed E-state index contributed by atoms with van der Waals surface area (Å²) in [6, 6.07) is 0. The minimum absolute atomic E-state index is 0.850. The third kappa shape index (κ3) is 3.42. The molecular weight excluding hydrogens is 146 g/mol. The summed E-state index contributed by atoms with van der Waals surface area (Å²) in [5.74, 6) is 0. The molecule has 0 saturated carbocycles. The number of rotatable bonds is 3. The molecule has 2 N–H and O–H groups in total. The summed E-state index contributed by atoms with van der Waals surface area (Å²) in [5.41, 5.74) is 10.0. The first-order valence-electron chi connectivity index (χ1n) is 4.28. The van der Waals surface area contributed by atoms with Crippen LogP contribution < -0.4 is 5.73 Å². The van der Waals surface area contributed by atoms with Crippen LogP contribution in [0.15, 0.2) is 35.1 Å². The highest BCUT2D eigenvalue weighted by atomic mass is 14.6. The maximum Gasteiger partial charge on any atom is 0.0125 e. The van der Waals surface area contributed by atoms with Gasteiger partial charge in [-0.05, 0) is 38.3 Å². The Kier molecular flexibility index (Phi) is 4.42. The van der Waals surface area contributed by atoms with Crippen molar-refractivity contribution in [3.8, 4) is 0 Å². The average Bonchev–Trinajstić information content (AvgIpc) is 1.98. The summed E-state index contributed by atoms with van der Waals surface area (Å²) in [7, 11) is 0. The highest BCUT2D eigenvalue weighted by molar-refractivity contribution is 5.41. The quantitative estimate of drug-likeness (QED) is 0.639. The average molecular weight is 165 g/mol. The second-order valence-electron chi connectivity index (χ2n) is 3.28. The summed E-state index contributed by atoms with van der Waals surface area (Å²) in [6.07, 6.45) is 3.04. The van der Waals surface area contributed by atoms with Crippen LogP contribution in [-0.2, 0) is 0 Å². The first kappa shape index (κ1) is 11.0. The van der Waals surface area contributed by atoms with Gasteiger partial charge in [0.05, 0.1) is 0 Å². The highest BCUT2D eigenvalue weighted by Crippen LogP contribution is 2.16. The number of nitrogens with two attached hydrogens (primary N) is 1. The molecular formula is C11H19N. The minimum atomic E-state index is 0.850. The molecule has 1 nitrogen and oxygen atoms in total. The lowest BCUT2D eigenvalue weighted by atomic mass is 10.0. The van der Waals surface area contributed by atoms with Gasteiger partial charge < -0.3 is 5.73 Å². The van der Waals surface area contributed by atoms with Crippen molar-refractivity contribution in [3.63, 3.8) is 0 Å². The van der Waals surface area contributed by atoms with Gasteiger partial charge in [0.15, 0.2) is 0 Å². The van der Waals surface area contributed by atoms with Crippen LogP contribution in [0, 0.1) is 0 Å². The normalized spacial score (nSPS) is 12.0. The Morgan fingerprint density at radius 3 is 2.08 bits per heavy atom. The van der Waals surface area contributed by atoms with Gasteiger partial charge in [-0.3, -0.25) is 0 Å². The SMILES string of the molecule is C=C(CC)/C(C=C(C)C)=C(/C)N. The van der Waals surface area contributed by atoms with E-state index in [9.17, 15) is 0 Å². The molecule has 0 saturated heterocycles. The monoisotopic (exact) mass is 165 g/mol. The van der Waals surface area contributed by atoms with Gasteiger partial charge >= 0.3 is 0 Å². The minimum Gasteiger partial charge on any atom is -0.402 e. The van der Waals surface area contributed by atoms with Gasteiger partial charge in [-0.1, -0.05) is 25.2 Å². The van der Waals surface area contributed by atoms with Crippen LogP contribution in [0.5, 0.6) is 0 Å². The van der Waals surface area contributed by atoms with Gasteiger partial charge in [0.1, 0.15) is 0 Å². The van der Waals surface area contributed by atoms with E-state index >= 15 is 0 Å². The van der Waals surface area contributed by atoms with E-state index in [1.807, 2.05) is 6.92 Å². The van der Waals surface area contributed by atoms with Crippen LogP contribution in [0.2, 0.25) is 0 Å². The van der Waals surface area contributed by atoms with E-state index in [0.717, 1.165) is 23.3 Å². The first-order chi connectivity index (χ1) is 5.49. The largest absolute Gasteiger partial charge is 0.402 e. The van der Waals surface area contributed by atoms with E-state index in [4.69, 9.17) is 5.73 Å². The van der Waals surface area contributed by atoms with Crippen molar-refractivity contribution in [3.05, 3.63) is 35.1 Å². The summed E-state index contributed by atoms with van der Waals surface area (Å²) in [6.45, 7) is 12.1. The second-order valence-corrected chi connectivity index (χ2v) is 3.28. The van der Waals surface area contributed by atoms with E-state index in [-0.39, 0.29) is 0 Å². The maximum absolute atomic E-state index is 5.74. The predicted molar refractivity (Wildman–Crippen MR) is 55.7 cm³/mol. The molecule has 1 heteroatoms. The van der Waals surface area contributed by atoms with Crippen LogP contribution in [0.3, 0.4) is 0 Å². The first-order valence-corrected chi connectivity index (χ1v) is 4.28. The lowest BCUT2D eigenvalue weighted by Gasteiger charge is -2.07. The molecule has 0 heterocycles. The molecule has 68 valence electrons. The fraction of sp³-hybridized carbons (Fsp3) is 0.455. The molecule has 0 aliphatic heterocycles. The van der Waals surface area contributed by atoms with Crippen molar-refractivity contribution < 1.29 is 0 Å². The molecule has 0 amide bonds. The topological polar surface area (TPSA) is 26.0 Å². The summed E-state index contributed by atoms with van der Waals surface area (Å²) in [5, 5.41) is 0. The summed E-state index contributed by atoms with van der Waals surface area (Å²) < 4.78 is 0. The van der Waals surface area contributed by atoms with Crippen molar-refractivity contribution in [2.24, 2.45) is 5.73 Å². The molecule has 12 heavy (non-hydrogen) atoms. The fourth-order valence-electron chi connectivity index (χ4n) is 0.974. The van der Waals surface area contributed by atoms with Crippen molar-refractivity contribution >= 4 is 0 Å². The Hall–Kier alpha value is -0.980. The van der Waals surface area contributed by atoms with Crippen molar-refractivity contribution in [1.29, 1.82) is 0 Å². The zero-order valence-electron chi connectivity index (χ0n) is 8.57. The lowest BCUT2D eigenvalue weighted by molar-refractivity contribution is 1.10. The summed E-state index contributed by atoms with van der Waals surface area (Å²) >= 11 is 0. The zero-order valence-corrected chi connectivity index (χ0v) is 8.57. The van der Waals surface area contributed by atoms with Crippen LogP contribution in [0.1, 0.15) is 34.1 Å². The van der Waals surface area contributed by atoms with Crippen LogP contribution in [0.25, 0.3) is 0 Å². The molecule has 0 aromatic carbocycles. The van der Waals surface area contributed by atoms with Crippen molar-refractivity contribution in [2.45, 2.75) is 34.1 Å². The second kappa shape index (κ2) is 4.81. The van der Waals surface area contributed by atoms with Gasteiger partial charge in [-0.2, -0.15) is 0 Å². The van der Waals surface area contributed by atoms with Gasteiger partial charge in [0, 0.05) is 5.70 Å². The van der Waals surface area contributed by atoms with Gasteiger partial charge in [0.2, 0.25) is 0 Å². The fourth-order valence-corrected chi connectivity index (χ4v) is 0.974. The van der Waals surface area contributed by atoms with Gasteiger partial charge in [-0.15, -0.1) is 0 Å². The molecule has 0 aliphatic rings. The Labute approximate surface area is 75.7 Å². The van der Waals surface area contributed by atoms with Crippen molar-refractivity contribution in [2.75, 3.05) is 0 Å². The van der Waals surface area contributed by atoms with Gasteiger partial charge in [-0.25, -0.2) is 0 Å². The van der Waals surface area contributed by atoms with E-state index in [1.54, 1.807) is 0 Å². The molecule has 0 spiro atoms. The lowest BCUT2D eigenvalue weighted by Crippen LogP contribution is -1.98. The number of allylic oxidation sites excluding steroid dienone is 5. The van der Waals surface area contributed by atoms with Crippen LogP contribution >= 0.6 is 0 Å². The third-order valence-electron chi connectivity index (χ3n) is 1.67. The standard InChI is InChI=1S/C11H19N/c1-6-9(4)11(10(5)12)7-8(2)3/h7H,4,6,12H2,1-3,5H3/b11-10-. The molecule has 0 atom stereocenters. The zero-order chi connectivity index (χ0) is 9.72. The Morgan fingerprint density at radius 1 is 1.33 bits per heavy atom. The third-order valence-corrected chi connectivity index (χ3v) is 1.67. The highest BCUT2D eigenvalue weighted by Gasteiger charge is 1.99. The van der Waals surface area contributed by atoms with E-state index < -0.39 is 0 Å². The van der Waals surface area contributed by atoms with Crippen LogP contribution in [-0.4, -0.2) is 0 Å². The van der Waals surface area contributed by atoms with E-state index in [0.29, 0.717) is 0 Å². The predicted octanol–water partition coefficient (Wildman–Crippen LogP) is 3.15. The number of hydrogen-bond donors (Lipinski definition) is 1. The molecule has 0 aliphatic carbocycles. The Bertz CT molecular complexity index is 223. The van der Waals surface area contributed by atoms with E-state index in [1.165, 1.54) is 5.57 Å².